The van der Waals surface area contributed by atoms with Gasteiger partial charge in [0.15, 0.2) is 0 Å². The minimum Gasteiger partial charge on any atom is -0.495 e. The summed E-state index contributed by atoms with van der Waals surface area (Å²) in [5.41, 5.74) is 4.08. The number of anilines is 3. The van der Waals surface area contributed by atoms with Crippen molar-refractivity contribution in [1.82, 2.24) is 0 Å². The van der Waals surface area contributed by atoms with E-state index in [1.165, 1.54) is 0 Å². The van der Waals surface area contributed by atoms with Crippen molar-refractivity contribution < 1.29 is 14.3 Å². The fraction of sp³-hybridized carbons (Fsp3) is 0.231. The second-order valence-electron chi connectivity index (χ2n) is 7.88. The lowest BCUT2D eigenvalue weighted by atomic mass is 10.0. The van der Waals surface area contributed by atoms with Gasteiger partial charge in [-0.25, -0.2) is 0 Å². The highest BCUT2D eigenvalue weighted by Gasteiger charge is 2.24. The second-order valence-corrected chi connectivity index (χ2v) is 7.88. The van der Waals surface area contributed by atoms with Crippen molar-refractivity contribution in [2.45, 2.75) is 25.8 Å². The molecule has 0 spiro atoms. The van der Waals surface area contributed by atoms with E-state index in [4.69, 9.17) is 4.74 Å². The van der Waals surface area contributed by atoms with Crippen molar-refractivity contribution in [3.05, 3.63) is 83.9 Å². The number of carbonyl (C=O) groups is 2. The minimum absolute atomic E-state index is 0.131. The molecular weight excluding hydrogens is 402 g/mol. The Morgan fingerprint density at radius 3 is 2.56 bits per heavy atom. The predicted octanol–water partition coefficient (Wildman–Crippen LogP) is 4.92. The fourth-order valence-electron chi connectivity index (χ4n) is 3.92. The third-order valence-electron chi connectivity index (χ3n) is 5.55. The first-order chi connectivity index (χ1) is 15.5. The summed E-state index contributed by atoms with van der Waals surface area (Å²) < 4.78 is 5.42. The molecule has 4 rings (SSSR count). The Morgan fingerprint density at radius 2 is 1.84 bits per heavy atom. The zero-order valence-corrected chi connectivity index (χ0v) is 18.3. The van der Waals surface area contributed by atoms with Crippen molar-refractivity contribution in [2.75, 3.05) is 29.2 Å². The fourth-order valence-corrected chi connectivity index (χ4v) is 3.92. The largest absolute Gasteiger partial charge is 0.495 e. The number of aryl methyl sites for hydroxylation is 1. The molecule has 1 heterocycles. The molecule has 6 heteroatoms. The van der Waals surface area contributed by atoms with E-state index >= 15 is 0 Å². The van der Waals surface area contributed by atoms with Crippen molar-refractivity contribution in [1.29, 1.82) is 0 Å². The van der Waals surface area contributed by atoms with E-state index in [0.717, 1.165) is 35.5 Å². The SMILES string of the molecule is COc1ccc(C)cc1NC(=O)[C@H](Nc1cccc(N2CCCC2=O)c1)c1ccccc1. The van der Waals surface area contributed by atoms with Gasteiger partial charge < -0.3 is 20.3 Å². The van der Waals surface area contributed by atoms with Crippen LogP contribution in [0.3, 0.4) is 0 Å². The lowest BCUT2D eigenvalue weighted by Gasteiger charge is -2.22. The number of rotatable bonds is 7. The third kappa shape index (κ3) is 4.75. The Balaban J connectivity index is 1.62. The summed E-state index contributed by atoms with van der Waals surface area (Å²) in [5, 5.41) is 6.36. The predicted molar refractivity (Wildman–Crippen MR) is 127 cm³/mol. The van der Waals surface area contributed by atoms with Crippen LogP contribution in [0.2, 0.25) is 0 Å². The van der Waals surface area contributed by atoms with Gasteiger partial charge in [0, 0.05) is 24.3 Å². The van der Waals surface area contributed by atoms with Crippen LogP contribution in [0.25, 0.3) is 0 Å². The van der Waals surface area contributed by atoms with Gasteiger partial charge in [-0.2, -0.15) is 0 Å². The van der Waals surface area contributed by atoms with Gasteiger partial charge >= 0.3 is 0 Å². The molecule has 0 saturated carbocycles. The van der Waals surface area contributed by atoms with Crippen molar-refractivity contribution in [3.63, 3.8) is 0 Å². The standard InChI is InChI=1S/C26H27N3O3/c1-18-13-14-23(32-2)22(16-18)28-26(31)25(19-8-4-3-5-9-19)27-20-10-6-11-21(17-20)29-15-7-12-24(29)30/h3-6,8-11,13-14,16-17,25,27H,7,12,15H2,1-2H3,(H,28,31)/t25-/m1/s1. The van der Waals surface area contributed by atoms with E-state index in [0.29, 0.717) is 17.9 Å². The van der Waals surface area contributed by atoms with Crippen LogP contribution in [0.5, 0.6) is 5.75 Å². The van der Waals surface area contributed by atoms with E-state index in [9.17, 15) is 9.59 Å². The number of hydrogen-bond acceptors (Lipinski definition) is 4. The molecule has 0 aliphatic carbocycles. The molecule has 1 fully saturated rings. The quantitative estimate of drug-likeness (QED) is 0.559. The van der Waals surface area contributed by atoms with Crippen molar-refractivity contribution in [2.24, 2.45) is 0 Å². The second kappa shape index (κ2) is 9.56. The molecule has 0 radical (unpaired) electrons. The molecule has 3 aromatic rings. The van der Waals surface area contributed by atoms with Crippen molar-refractivity contribution >= 4 is 28.9 Å². The summed E-state index contributed by atoms with van der Waals surface area (Å²) in [5.74, 6) is 0.527. The zero-order chi connectivity index (χ0) is 22.5. The van der Waals surface area contributed by atoms with Crippen LogP contribution >= 0.6 is 0 Å². The summed E-state index contributed by atoms with van der Waals surface area (Å²) in [6.07, 6.45) is 1.44. The highest BCUT2D eigenvalue weighted by molar-refractivity contribution is 5.99. The maximum Gasteiger partial charge on any atom is 0.251 e. The first-order valence-corrected chi connectivity index (χ1v) is 10.7. The molecule has 2 amide bonds. The summed E-state index contributed by atoms with van der Waals surface area (Å²) >= 11 is 0. The van der Waals surface area contributed by atoms with E-state index in [-0.39, 0.29) is 11.8 Å². The van der Waals surface area contributed by atoms with Crippen LogP contribution in [0.4, 0.5) is 17.1 Å². The molecule has 32 heavy (non-hydrogen) atoms. The number of benzene rings is 3. The normalized spacial score (nSPS) is 14.2. The molecule has 3 aromatic carbocycles. The highest BCUT2D eigenvalue weighted by atomic mass is 16.5. The summed E-state index contributed by atoms with van der Waals surface area (Å²) in [4.78, 5) is 27.3. The van der Waals surface area contributed by atoms with Gasteiger partial charge in [-0.3, -0.25) is 9.59 Å². The van der Waals surface area contributed by atoms with Gasteiger partial charge in [-0.15, -0.1) is 0 Å². The molecule has 1 aliphatic rings. The lowest BCUT2D eigenvalue weighted by Crippen LogP contribution is -2.28. The van der Waals surface area contributed by atoms with Gasteiger partial charge in [0.25, 0.3) is 5.91 Å². The summed E-state index contributed by atoms with van der Waals surface area (Å²) in [6, 6.07) is 22.2. The van der Waals surface area contributed by atoms with E-state index < -0.39 is 6.04 Å². The van der Waals surface area contributed by atoms with Crippen molar-refractivity contribution in [3.8, 4) is 5.75 Å². The monoisotopic (exact) mass is 429 g/mol. The number of carbonyl (C=O) groups excluding carboxylic acids is 2. The molecule has 2 N–H and O–H groups in total. The number of nitrogens with one attached hydrogen (secondary N) is 2. The van der Waals surface area contributed by atoms with Gasteiger partial charge in [-0.05, 0) is 54.8 Å². The Morgan fingerprint density at radius 1 is 1.03 bits per heavy atom. The van der Waals surface area contributed by atoms with Crippen LogP contribution in [-0.2, 0) is 9.59 Å². The van der Waals surface area contributed by atoms with Gasteiger partial charge in [-0.1, -0.05) is 42.5 Å². The van der Waals surface area contributed by atoms with Crippen LogP contribution in [-0.4, -0.2) is 25.5 Å². The van der Waals surface area contributed by atoms with E-state index in [2.05, 4.69) is 10.6 Å². The maximum absolute atomic E-state index is 13.4. The maximum atomic E-state index is 13.4. The highest BCUT2D eigenvalue weighted by Crippen LogP contribution is 2.30. The zero-order valence-electron chi connectivity index (χ0n) is 18.3. The Bertz CT molecular complexity index is 1110. The number of hydrogen-bond donors (Lipinski definition) is 2. The number of ether oxygens (including phenoxy) is 1. The molecule has 0 aromatic heterocycles. The Labute approximate surface area is 188 Å². The topological polar surface area (TPSA) is 70.7 Å². The Kier molecular flexibility index (Phi) is 6.40. The third-order valence-corrected chi connectivity index (χ3v) is 5.55. The first kappa shape index (κ1) is 21.4. The van der Waals surface area contributed by atoms with Gasteiger partial charge in [0.1, 0.15) is 11.8 Å². The molecule has 1 saturated heterocycles. The molecule has 0 bridgehead atoms. The minimum atomic E-state index is -0.633. The average Bonchev–Trinajstić information content (AvgIpc) is 3.24. The smallest absolute Gasteiger partial charge is 0.251 e. The number of methoxy groups -OCH3 is 1. The average molecular weight is 430 g/mol. The molecule has 1 atom stereocenters. The summed E-state index contributed by atoms with van der Waals surface area (Å²) in [7, 11) is 1.58. The first-order valence-electron chi connectivity index (χ1n) is 10.7. The van der Waals surface area contributed by atoms with E-state index in [1.54, 1.807) is 12.0 Å². The van der Waals surface area contributed by atoms with E-state index in [1.807, 2.05) is 79.7 Å². The lowest BCUT2D eigenvalue weighted by molar-refractivity contribution is -0.117. The number of amides is 2. The summed E-state index contributed by atoms with van der Waals surface area (Å²) in [6.45, 7) is 2.69. The molecule has 1 aliphatic heterocycles. The van der Waals surface area contributed by atoms with Crippen LogP contribution in [0.1, 0.15) is 30.0 Å². The Hall–Kier alpha value is -3.80. The molecular formula is C26H27N3O3. The van der Waals surface area contributed by atoms with Crippen LogP contribution < -0.4 is 20.3 Å². The molecule has 164 valence electrons. The van der Waals surface area contributed by atoms with Crippen LogP contribution in [0, 0.1) is 6.92 Å². The molecule has 6 nitrogen and oxygen atoms in total. The number of nitrogens with zero attached hydrogens (tertiary/aromatic N) is 1. The van der Waals surface area contributed by atoms with Gasteiger partial charge in [0.05, 0.1) is 12.8 Å². The molecule has 0 unspecified atom stereocenters. The van der Waals surface area contributed by atoms with Gasteiger partial charge in [0.2, 0.25) is 5.91 Å². The van der Waals surface area contributed by atoms with Crippen LogP contribution in [0.15, 0.2) is 72.8 Å².